The van der Waals surface area contributed by atoms with Crippen LogP contribution in [0.3, 0.4) is 0 Å². The molecule has 150 valence electrons. The molecule has 0 aliphatic carbocycles. The van der Waals surface area contributed by atoms with Gasteiger partial charge in [-0.15, -0.1) is 0 Å². The summed E-state index contributed by atoms with van der Waals surface area (Å²) in [7, 11) is -3.22. The Kier molecular flexibility index (Phi) is 6.83. The molecule has 0 aromatic carbocycles. The second kappa shape index (κ2) is 9.12. The van der Waals surface area contributed by atoms with Crippen LogP contribution >= 0.6 is 0 Å². The normalized spacial score (nSPS) is 22.7. The summed E-state index contributed by atoms with van der Waals surface area (Å²) >= 11 is 0. The lowest BCUT2D eigenvalue weighted by atomic mass is 9.97. The van der Waals surface area contributed by atoms with Crippen LogP contribution in [0.1, 0.15) is 31.7 Å². The molecule has 0 bridgehead atoms. The van der Waals surface area contributed by atoms with Crippen molar-refractivity contribution < 1.29 is 13.2 Å². The maximum atomic E-state index is 12.9. The number of nitrogens with zero attached hydrogens (tertiary/aromatic N) is 4. The first-order valence-corrected chi connectivity index (χ1v) is 11.5. The molecule has 1 aromatic heterocycles. The van der Waals surface area contributed by atoms with E-state index < -0.39 is 10.0 Å². The highest BCUT2D eigenvalue weighted by molar-refractivity contribution is 7.89. The van der Waals surface area contributed by atoms with Gasteiger partial charge in [-0.2, -0.15) is 0 Å². The Hall–Kier alpha value is -1.51. The van der Waals surface area contributed by atoms with Crippen LogP contribution in [0, 0.1) is 5.92 Å². The van der Waals surface area contributed by atoms with E-state index in [9.17, 15) is 13.2 Å². The Morgan fingerprint density at radius 1 is 1.15 bits per heavy atom. The molecule has 2 aliphatic heterocycles. The van der Waals surface area contributed by atoms with Crippen LogP contribution in [0.15, 0.2) is 24.5 Å². The molecule has 1 atom stereocenters. The van der Waals surface area contributed by atoms with E-state index in [4.69, 9.17) is 0 Å². The molecule has 0 radical (unpaired) electrons. The van der Waals surface area contributed by atoms with Crippen LogP contribution in [-0.2, 0) is 21.4 Å². The van der Waals surface area contributed by atoms with E-state index in [1.807, 2.05) is 24.0 Å². The highest BCUT2D eigenvalue weighted by Crippen LogP contribution is 2.22. The van der Waals surface area contributed by atoms with Crippen LogP contribution in [-0.4, -0.2) is 78.4 Å². The van der Waals surface area contributed by atoms with Crippen molar-refractivity contribution in [3.8, 4) is 0 Å². The lowest BCUT2D eigenvalue weighted by Gasteiger charge is -2.38. The van der Waals surface area contributed by atoms with Crippen molar-refractivity contribution in [2.45, 2.75) is 32.7 Å². The van der Waals surface area contributed by atoms with E-state index in [2.05, 4.69) is 9.88 Å². The zero-order valence-corrected chi connectivity index (χ0v) is 16.9. The Labute approximate surface area is 162 Å². The van der Waals surface area contributed by atoms with Gasteiger partial charge in [0.2, 0.25) is 15.9 Å². The highest BCUT2D eigenvalue weighted by atomic mass is 32.2. The number of carbonyl (C=O) groups is 1. The number of pyridine rings is 1. The van der Waals surface area contributed by atoms with Crippen molar-refractivity contribution >= 4 is 15.9 Å². The van der Waals surface area contributed by atoms with E-state index in [0.29, 0.717) is 32.6 Å². The standard InChI is InChI=1S/C19H30N4O3S/c1-2-14-27(25,26)23-9-3-4-18(16-23)19(24)22-12-10-21(11-13-22)15-17-5-7-20-8-6-17/h5-8,18H,2-4,9-16H2,1H3. The second-order valence-corrected chi connectivity index (χ2v) is 9.56. The fourth-order valence-corrected chi connectivity index (χ4v) is 5.50. The Bertz CT molecular complexity index is 718. The fraction of sp³-hybridized carbons (Fsp3) is 0.684. The molecule has 3 rings (SSSR count). The average molecular weight is 395 g/mol. The molecule has 1 aromatic rings. The van der Waals surface area contributed by atoms with Gasteiger partial charge in [-0.05, 0) is 37.0 Å². The molecule has 2 fully saturated rings. The van der Waals surface area contributed by atoms with E-state index in [1.165, 1.54) is 9.87 Å². The number of hydrogen-bond donors (Lipinski definition) is 0. The van der Waals surface area contributed by atoms with Gasteiger partial charge >= 0.3 is 0 Å². The van der Waals surface area contributed by atoms with Crippen LogP contribution in [0.5, 0.6) is 0 Å². The van der Waals surface area contributed by atoms with E-state index in [0.717, 1.165) is 32.5 Å². The number of aromatic nitrogens is 1. The van der Waals surface area contributed by atoms with Crippen molar-refractivity contribution in [3.05, 3.63) is 30.1 Å². The zero-order chi connectivity index (χ0) is 19.3. The molecule has 0 spiro atoms. The summed E-state index contributed by atoms with van der Waals surface area (Å²) in [6.07, 6.45) is 5.76. The van der Waals surface area contributed by atoms with Gasteiger partial charge in [-0.25, -0.2) is 12.7 Å². The lowest BCUT2D eigenvalue weighted by Crippen LogP contribution is -2.52. The number of rotatable bonds is 6. The average Bonchev–Trinajstić information content (AvgIpc) is 2.69. The topological polar surface area (TPSA) is 73.8 Å². The molecule has 3 heterocycles. The maximum absolute atomic E-state index is 12.9. The van der Waals surface area contributed by atoms with Crippen molar-refractivity contribution in [1.29, 1.82) is 0 Å². The molecule has 0 saturated carbocycles. The lowest BCUT2D eigenvalue weighted by molar-refractivity contribution is -0.138. The third kappa shape index (κ3) is 5.27. The van der Waals surface area contributed by atoms with E-state index >= 15 is 0 Å². The monoisotopic (exact) mass is 394 g/mol. The van der Waals surface area contributed by atoms with Crippen molar-refractivity contribution in [2.24, 2.45) is 5.92 Å². The van der Waals surface area contributed by atoms with Crippen LogP contribution in [0.4, 0.5) is 0 Å². The highest BCUT2D eigenvalue weighted by Gasteiger charge is 2.34. The molecule has 1 amide bonds. The Balaban J connectivity index is 1.51. The summed E-state index contributed by atoms with van der Waals surface area (Å²) in [4.78, 5) is 21.2. The molecule has 1 unspecified atom stereocenters. The SMILES string of the molecule is CCCS(=O)(=O)N1CCCC(C(=O)N2CCN(Cc3ccncc3)CC2)C1. The quantitative estimate of drug-likeness (QED) is 0.724. The van der Waals surface area contributed by atoms with Gasteiger partial charge in [0.25, 0.3) is 0 Å². The number of amides is 1. The van der Waals surface area contributed by atoms with Gasteiger partial charge in [0, 0.05) is 58.2 Å². The Morgan fingerprint density at radius 3 is 2.52 bits per heavy atom. The minimum absolute atomic E-state index is 0.120. The summed E-state index contributed by atoms with van der Waals surface area (Å²) in [5.74, 6) is 0.0915. The Morgan fingerprint density at radius 2 is 1.85 bits per heavy atom. The summed E-state index contributed by atoms with van der Waals surface area (Å²) in [6, 6.07) is 4.04. The molecule has 2 saturated heterocycles. The van der Waals surface area contributed by atoms with Gasteiger partial charge in [0.15, 0.2) is 0 Å². The predicted molar refractivity (Wildman–Crippen MR) is 104 cm³/mol. The number of sulfonamides is 1. The molecule has 8 heteroatoms. The molecule has 2 aliphatic rings. The first-order valence-electron chi connectivity index (χ1n) is 9.87. The predicted octanol–water partition coefficient (Wildman–Crippen LogP) is 1.18. The number of piperazine rings is 1. The van der Waals surface area contributed by atoms with Crippen molar-refractivity contribution in [3.63, 3.8) is 0 Å². The van der Waals surface area contributed by atoms with Gasteiger partial charge in [0.1, 0.15) is 0 Å². The molecular weight excluding hydrogens is 364 g/mol. The smallest absolute Gasteiger partial charge is 0.227 e. The zero-order valence-electron chi connectivity index (χ0n) is 16.1. The first-order chi connectivity index (χ1) is 13.0. The third-order valence-corrected chi connectivity index (χ3v) is 7.47. The van der Waals surface area contributed by atoms with Gasteiger partial charge in [-0.3, -0.25) is 14.7 Å². The van der Waals surface area contributed by atoms with Crippen LogP contribution in [0.25, 0.3) is 0 Å². The van der Waals surface area contributed by atoms with Crippen LogP contribution in [0.2, 0.25) is 0 Å². The van der Waals surface area contributed by atoms with E-state index in [-0.39, 0.29) is 17.6 Å². The first kappa shape index (κ1) is 20.2. The fourth-order valence-electron chi connectivity index (χ4n) is 3.91. The molecule has 27 heavy (non-hydrogen) atoms. The minimum atomic E-state index is -3.22. The number of piperidine rings is 1. The largest absolute Gasteiger partial charge is 0.340 e. The second-order valence-electron chi connectivity index (χ2n) is 7.47. The molecular formula is C19H30N4O3S. The van der Waals surface area contributed by atoms with Gasteiger partial charge in [-0.1, -0.05) is 6.92 Å². The van der Waals surface area contributed by atoms with Gasteiger partial charge in [0.05, 0.1) is 11.7 Å². The minimum Gasteiger partial charge on any atom is -0.340 e. The summed E-state index contributed by atoms with van der Waals surface area (Å²) in [6.45, 7) is 6.75. The number of carbonyl (C=O) groups excluding carboxylic acids is 1. The van der Waals surface area contributed by atoms with Crippen molar-refractivity contribution in [1.82, 2.24) is 19.1 Å². The van der Waals surface area contributed by atoms with Crippen LogP contribution < -0.4 is 0 Å². The molecule has 0 N–H and O–H groups in total. The molecule has 7 nitrogen and oxygen atoms in total. The summed E-state index contributed by atoms with van der Waals surface area (Å²) < 4.78 is 26.2. The van der Waals surface area contributed by atoms with Gasteiger partial charge < -0.3 is 4.90 Å². The summed E-state index contributed by atoms with van der Waals surface area (Å²) in [5, 5.41) is 0. The third-order valence-electron chi connectivity index (χ3n) is 5.43. The number of hydrogen-bond acceptors (Lipinski definition) is 5. The maximum Gasteiger partial charge on any atom is 0.227 e. The van der Waals surface area contributed by atoms with E-state index in [1.54, 1.807) is 12.4 Å². The van der Waals surface area contributed by atoms with Crippen molar-refractivity contribution in [2.75, 3.05) is 45.0 Å². The summed E-state index contributed by atoms with van der Waals surface area (Å²) in [5.41, 5.74) is 1.23.